The maximum absolute atomic E-state index is 12.6. The number of nitrogens with zero attached hydrogens (tertiary/aromatic N) is 1. The second-order valence-electron chi connectivity index (χ2n) is 5.59. The van der Waals surface area contributed by atoms with Crippen LogP contribution in [0.5, 0.6) is 5.75 Å². The minimum absolute atomic E-state index is 0.127. The minimum atomic E-state index is -4.17. The number of nitro groups is 1. The molecule has 24 heavy (non-hydrogen) atoms. The fourth-order valence-corrected chi connectivity index (χ4v) is 3.52. The SMILES string of the molecule is CCC(C)c1ccccc1OS(=O)(=O)c1cc([N+](=O)[O-])ccc1C. The van der Waals surface area contributed by atoms with Crippen molar-refractivity contribution in [3.63, 3.8) is 0 Å². The van der Waals surface area contributed by atoms with Crippen LogP contribution < -0.4 is 4.18 Å². The first-order valence-electron chi connectivity index (χ1n) is 7.54. The third-order valence-corrected chi connectivity index (χ3v) is 5.29. The smallest absolute Gasteiger partial charge is 0.339 e. The highest BCUT2D eigenvalue weighted by Crippen LogP contribution is 2.32. The third kappa shape index (κ3) is 3.73. The van der Waals surface area contributed by atoms with Crippen LogP contribution in [-0.2, 0) is 10.1 Å². The molecule has 0 N–H and O–H groups in total. The first-order valence-corrected chi connectivity index (χ1v) is 8.95. The Morgan fingerprint density at radius 1 is 1.21 bits per heavy atom. The summed E-state index contributed by atoms with van der Waals surface area (Å²) in [5.74, 6) is 0.375. The largest absolute Gasteiger partial charge is 0.379 e. The minimum Gasteiger partial charge on any atom is -0.379 e. The summed E-state index contributed by atoms with van der Waals surface area (Å²) >= 11 is 0. The van der Waals surface area contributed by atoms with Crippen molar-refractivity contribution < 1.29 is 17.5 Å². The molecule has 6 nitrogen and oxygen atoms in total. The molecule has 7 heteroatoms. The molecule has 0 fully saturated rings. The lowest BCUT2D eigenvalue weighted by atomic mass is 9.98. The lowest BCUT2D eigenvalue weighted by Crippen LogP contribution is -2.13. The fourth-order valence-electron chi connectivity index (χ4n) is 2.32. The van der Waals surface area contributed by atoms with E-state index in [9.17, 15) is 18.5 Å². The quantitative estimate of drug-likeness (QED) is 0.443. The summed E-state index contributed by atoms with van der Waals surface area (Å²) in [5, 5.41) is 10.9. The number of aryl methyl sites for hydroxylation is 1. The van der Waals surface area contributed by atoms with Crippen LogP contribution in [0.3, 0.4) is 0 Å². The van der Waals surface area contributed by atoms with E-state index in [4.69, 9.17) is 4.18 Å². The van der Waals surface area contributed by atoms with Crippen molar-refractivity contribution in [2.75, 3.05) is 0 Å². The van der Waals surface area contributed by atoms with Crippen LogP contribution in [0.4, 0.5) is 5.69 Å². The van der Waals surface area contributed by atoms with Crippen molar-refractivity contribution in [2.45, 2.75) is 38.0 Å². The average molecular weight is 349 g/mol. The molecule has 0 aliphatic heterocycles. The molecule has 0 saturated carbocycles. The zero-order valence-electron chi connectivity index (χ0n) is 13.7. The summed E-state index contributed by atoms with van der Waals surface area (Å²) in [7, 11) is -4.17. The van der Waals surface area contributed by atoms with Crippen LogP contribution in [0.25, 0.3) is 0 Å². The number of non-ortho nitro benzene ring substituents is 1. The number of rotatable bonds is 6. The molecular weight excluding hydrogens is 330 g/mol. The Morgan fingerprint density at radius 2 is 1.88 bits per heavy atom. The maximum Gasteiger partial charge on any atom is 0.339 e. The average Bonchev–Trinajstić information content (AvgIpc) is 2.54. The van der Waals surface area contributed by atoms with E-state index in [0.29, 0.717) is 5.56 Å². The van der Waals surface area contributed by atoms with Crippen molar-refractivity contribution in [3.05, 3.63) is 63.7 Å². The van der Waals surface area contributed by atoms with E-state index in [2.05, 4.69) is 0 Å². The molecule has 2 aromatic carbocycles. The summed E-state index contributed by atoms with van der Waals surface area (Å²) < 4.78 is 30.5. The number of para-hydroxylation sites is 1. The number of hydrogen-bond acceptors (Lipinski definition) is 5. The van der Waals surface area contributed by atoms with Crippen molar-refractivity contribution in [1.29, 1.82) is 0 Å². The number of hydrogen-bond donors (Lipinski definition) is 0. The molecule has 0 saturated heterocycles. The highest BCUT2D eigenvalue weighted by Gasteiger charge is 2.24. The van der Waals surface area contributed by atoms with E-state index >= 15 is 0 Å². The molecule has 0 aliphatic rings. The summed E-state index contributed by atoms with van der Waals surface area (Å²) in [6.45, 7) is 5.55. The Kier molecular flexibility index (Phi) is 5.23. The normalized spacial score (nSPS) is 12.6. The predicted octanol–water partition coefficient (Wildman–Crippen LogP) is 4.18. The monoisotopic (exact) mass is 349 g/mol. The Balaban J connectivity index is 2.47. The Hall–Kier alpha value is -2.41. The lowest BCUT2D eigenvalue weighted by Gasteiger charge is -2.16. The van der Waals surface area contributed by atoms with E-state index in [1.54, 1.807) is 19.1 Å². The Morgan fingerprint density at radius 3 is 2.50 bits per heavy atom. The van der Waals surface area contributed by atoms with Crippen molar-refractivity contribution in [3.8, 4) is 5.75 Å². The second-order valence-corrected chi connectivity index (χ2v) is 7.11. The van der Waals surface area contributed by atoms with Gasteiger partial charge in [0.05, 0.1) is 4.92 Å². The zero-order chi connectivity index (χ0) is 17.9. The van der Waals surface area contributed by atoms with Gasteiger partial charge in [-0.1, -0.05) is 38.1 Å². The fraction of sp³-hybridized carbons (Fsp3) is 0.294. The molecule has 2 rings (SSSR count). The van der Waals surface area contributed by atoms with Crippen LogP contribution in [0.2, 0.25) is 0 Å². The maximum atomic E-state index is 12.6. The Labute approximate surface area is 141 Å². The molecule has 1 unspecified atom stereocenters. The van der Waals surface area contributed by atoms with Crippen LogP contribution in [0.1, 0.15) is 37.3 Å². The van der Waals surface area contributed by atoms with Crippen molar-refractivity contribution in [2.24, 2.45) is 0 Å². The van der Waals surface area contributed by atoms with E-state index in [1.165, 1.54) is 12.1 Å². The van der Waals surface area contributed by atoms with Crippen LogP contribution in [0, 0.1) is 17.0 Å². The van der Waals surface area contributed by atoms with Gasteiger partial charge in [0.25, 0.3) is 5.69 Å². The van der Waals surface area contributed by atoms with Gasteiger partial charge in [-0.3, -0.25) is 10.1 Å². The summed E-state index contributed by atoms with van der Waals surface area (Å²) in [6, 6.07) is 10.6. The van der Waals surface area contributed by atoms with Crippen LogP contribution in [0.15, 0.2) is 47.4 Å². The highest BCUT2D eigenvalue weighted by atomic mass is 32.2. The summed E-state index contributed by atoms with van der Waals surface area (Å²) in [4.78, 5) is 10.1. The summed E-state index contributed by atoms with van der Waals surface area (Å²) in [5.41, 5.74) is 0.881. The number of benzene rings is 2. The molecule has 128 valence electrons. The predicted molar refractivity (Wildman–Crippen MR) is 90.8 cm³/mol. The number of nitro benzene ring substituents is 1. The molecule has 2 aromatic rings. The van der Waals surface area contributed by atoms with Crippen molar-refractivity contribution in [1.82, 2.24) is 0 Å². The van der Waals surface area contributed by atoms with Gasteiger partial charge in [0.2, 0.25) is 0 Å². The van der Waals surface area contributed by atoms with E-state index in [0.717, 1.165) is 18.1 Å². The highest BCUT2D eigenvalue weighted by molar-refractivity contribution is 7.87. The standard InChI is InChI=1S/C17H19NO5S/c1-4-12(2)15-7-5-6-8-16(15)23-24(21,22)17-11-14(18(19)20)10-9-13(17)3/h5-12H,4H2,1-3H3. The van der Waals surface area contributed by atoms with Gasteiger partial charge in [-0.15, -0.1) is 0 Å². The van der Waals surface area contributed by atoms with E-state index in [1.807, 2.05) is 26.0 Å². The molecule has 0 aliphatic carbocycles. The molecule has 0 amide bonds. The van der Waals surface area contributed by atoms with Gasteiger partial charge in [0, 0.05) is 12.1 Å². The molecular formula is C17H19NO5S. The van der Waals surface area contributed by atoms with E-state index < -0.39 is 15.0 Å². The molecule has 0 heterocycles. The van der Waals surface area contributed by atoms with Gasteiger partial charge in [-0.05, 0) is 36.5 Å². The Bertz CT molecular complexity index is 861. The van der Waals surface area contributed by atoms with Crippen molar-refractivity contribution >= 4 is 15.8 Å². The van der Waals surface area contributed by atoms with Gasteiger partial charge in [0.1, 0.15) is 10.6 Å². The molecule has 0 bridgehead atoms. The first kappa shape index (κ1) is 17.9. The van der Waals surface area contributed by atoms with Crippen LogP contribution >= 0.6 is 0 Å². The van der Waals surface area contributed by atoms with Gasteiger partial charge >= 0.3 is 10.1 Å². The summed E-state index contributed by atoms with van der Waals surface area (Å²) in [6.07, 6.45) is 0.830. The lowest BCUT2D eigenvalue weighted by molar-refractivity contribution is -0.385. The van der Waals surface area contributed by atoms with Gasteiger partial charge in [0.15, 0.2) is 0 Å². The molecule has 0 spiro atoms. The third-order valence-electron chi connectivity index (χ3n) is 3.91. The molecule has 0 aromatic heterocycles. The molecule has 1 atom stereocenters. The van der Waals surface area contributed by atoms with E-state index in [-0.39, 0.29) is 22.3 Å². The van der Waals surface area contributed by atoms with Gasteiger partial charge in [-0.2, -0.15) is 8.42 Å². The first-order chi connectivity index (χ1) is 11.3. The zero-order valence-corrected chi connectivity index (χ0v) is 14.5. The second kappa shape index (κ2) is 7.00. The molecule has 0 radical (unpaired) electrons. The van der Waals surface area contributed by atoms with Crippen LogP contribution in [-0.4, -0.2) is 13.3 Å². The van der Waals surface area contributed by atoms with Gasteiger partial charge < -0.3 is 4.18 Å². The topological polar surface area (TPSA) is 86.5 Å². The van der Waals surface area contributed by atoms with Gasteiger partial charge in [-0.25, -0.2) is 0 Å².